The second-order valence-corrected chi connectivity index (χ2v) is 7.29. The molecular weight excluding hydrogens is 306 g/mol. The predicted molar refractivity (Wildman–Crippen MR) is 94.6 cm³/mol. The van der Waals surface area contributed by atoms with Crippen LogP contribution in [0.5, 0.6) is 0 Å². The third-order valence-corrected chi connectivity index (χ3v) is 5.57. The molecule has 1 saturated carbocycles. The van der Waals surface area contributed by atoms with E-state index in [-0.39, 0.29) is 5.91 Å². The SMILES string of the molecule is Cc1nc2ccccc2nc1SCC(=O)N[C@@H]1CCCC[C@@H]1C. The van der Waals surface area contributed by atoms with Crippen LogP contribution in [0.2, 0.25) is 0 Å². The number of para-hydroxylation sites is 2. The van der Waals surface area contributed by atoms with Gasteiger partial charge < -0.3 is 5.32 Å². The third-order valence-electron chi connectivity index (χ3n) is 4.50. The molecule has 23 heavy (non-hydrogen) atoms. The van der Waals surface area contributed by atoms with Gasteiger partial charge in [0, 0.05) is 6.04 Å². The van der Waals surface area contributed by atoms with Gasteiger partial charge in [-0.25, -0.2) is 9.97 Å². The lowest BCUT2D eigenvalue weighted by Gasteiger charge is -2.29. The number of rotatable bonds is 4. The number of carbonyl (C=O) groups is 1. The first-order valence-corrected chi connectivity index (χ1v) is 9.27. The maximum absolute atomic E-state index is 12.2. The number of aromatic nitrogens is 2. The average Bonchev–Trinajstić information content (AvgIpc) is 2.55. The number of fused-ring (bicyclic) bond motifs is 1. The fraction of sp³-hybridized carbons (Fsp3) is 0.500. The quantitative estimate of drug-likeness (QED) is 0.869. The van der Waals surface area contributed by atoms with Crippen molar-refractivity contribution in [2.45, 2.75) is 50.6 Å². The van der Waals surface area contributed by atoms with Crippen LogP contribution in [0.4, 0.5) is 0 Å². The van der Waals surface area contributed by atoms with Gasteiger partial charge in [0.2, 0.25) is 5.91 Å². The lowest BCUT2D eigenvalue weighted by molar-refractivity contribution is -0.119. The number of aryl methyl sites for hydroxylation is 1. The smallest absolute Gasteiger partial charge is 0.230 e. The van der Waals surface area contributed by atoms with Crippen molar-refractivity contribution < 1.29 is 4.79 Å². The highest BCUT2D eigenvalue weighted by atomic mass is 32.2. The summed E-state index contributed by atoms with van der Waals surface area (Å²) in [4.78, 5) is 21.4. The van der Waals surface area contributed by atoms with Crippen LogP contribution < -0.4 is 5.32 Å². The second-order valence-electron chi connectivity index (χ2n) is 6.33. The highest BCUT2D eigenvalue weighted by Crippen LogP contribution is 2.25. The zero-order valence-corrected chi connectivity index (χ0v) is 14.5. The Balaban J connectivity index is 1.61. The molecule has 1 N–H and O–H groups in total. The molecule has 1 amide bonds. The summed E-state index contributed by atoms with van der Waals surface area (Å²) in [5.41, 5.74) is 2.66. The van der Waals surface area contributed by atoms with Gasteiger partial charge in [-0.15, -0.1) is 0 Å². The number of amides is 1. The van der Waals surface area contributed by atoms with Crippen molar-refractivity contribution in [1.82, 2.24) is 15.3 Å². The zero-order valence-electron chi connectivity index (χ0n) is 13.7. The Morgan fingerprint density at radius 2 is 1.91 bits per heavy atom. The van der Waals surface area contributed by atoms with Gasteiger partial charge in [-0.2, -0.15) is 0 Å². The van der Waals surface area contributed by atoms with Gasteiger partial charge in [-0.3, -0.25) is 4.79 Å². The number of hydrogen-bond donors (Lipinski definition) is 1. The van der Waals surface area contributed by atoms with Crippen molar-refractivity contribution in [1.29, 1.82) is 0 Å². The first-order chi connectivity index (χ1) is 11.1. The van der Waals surface area contributed by atoms with Gasteiger partial charge in [-0.1, -0.05) is 43.7 Å². The molecule has 1 aliphatic carbocycles. The van der Waals surface area contributed by atoms with Crippen molar-refractivity contribution in [3.05, 3.63) is 30.0 Å². The molecule has 3 rings (SSSR count). The standard InChI is InChI=1S/C18H23N3OS/c1-12-7-3-4-8-14(12)20-17(22)11-23-18-13(2)19-15-9-5-6-10-16(15)21-18/h5-6,9-10,12,14H,3-4,7-8,11H2,1-2H3,(H,20,22)/t12-,14+/m0/s1. The molecule has 0 bridgehead atoms. The highest BCUT2D eigenvalue weighted by Gasteiger charge is 2.22. The van der Waals surface area contributed by atoms with Crippen molar-refractivity contribution in [3.8, 4) is 0 Å². The van der Waals surface area contributed by atoms with E-state index >= 15 is 0 Å². The lowest BCUT2D eigenvalue weighted by Crippen LogP contribution is -2.41. The van der Waals surface area contributed by atoms with Crippen LogP contribution in [0, 0.1) is 12.8 Å². The number of carbonyl (C=O) groups excluding carboxylic acids is 1. The van der Waals surface area contributed by atoms with Crippen molar-refractivity contribution >= 4 is 28.7 Å². The Kier molecular flexibility index (Phi) is 5.16. The first-order valence-electron chi connectivity index (χ1n) is 8.29. The number of benzene rings is 1. The molecule has 2 atom stereocenters. The molecule has 1 aliphatic rings. The minimum Gasteiger partial charge on any atom is -0.352 e. The number of nitrogens with one attached hydrogen (secondary N) is 1. The van der Waals surface area contributed by atoms with Crippen molar-refractivity contribution in [2.75, 3.05) is 5.75 Å². The molecule has 122 valence electrons. The maximum atomic E-state index is 12.2. The summed E-state index contributed by atoms with van der Waals surface area (Å²) in [7, 11) is 0. The van der Waals surface area contributed by atoms with E-state index in [0.29, 0.717) is 17.7 Å². The minimum absolute atomic E-state index is 0.100. The molecule has 1 heterocycles. The summed E-state index contributed by atoms with van der Waals surface area (Å²) < 4.78 is 0. The van der Waals surface area contributed by atoms with Crippen LogP contribution in [0.25, 0.3) is 11.0 Å². The Morgan fingerprint density at radius 3 is 2.65 bits per heavy atom. The van der Waals surface area contributed by atoms with Gasteiger partial charge in [0.15, 0.2) is 0 Å². The molecule has 2 aromatic rings. The van der Waals surface area contributed by atoms with Gasteiger partial charge in [0.25, 0.3) is 0 Å². The third kappa shape index (κ3) is 4.02. The van der Waals surface area contributed by atoms with E-state index in [0.717, 1.165) is 28.2 Å². The first kappa shape index (κ1) is 16.2. The summed E-state index contributed by atoms with van der Waals surface area (Å²) in [5.74, 6) is 1.08. The van der Waals surface area contributed by atoms with Crippen LogP contribution >= 0.6 is 11.8 Å². The maximum Gasteiger partial charge on any atom is 0.230 e. The molecule has 1 fully saturated rings. The minimum atomic E-state index is 0.100. The normalized spacial score (nSPS) is 21.3. The Hall–Kier alpha value is -1.62. The number of nitrogens with zero attached hydrogens (tertiary/aromatic N) is 2. The molecule has 5 heteroatoms. The topological polar surface area (TPSA) is 54.9 Å². The van der Waals surface area contributed by atoms with Crippen molar-refractivity contribution in [2.24, 2.45) is 5.92 Å². The lowest BCUT2D eigenvalue weighted by atomic mass is 9.86. The molecule has 1 aromatic heterocycles. The van der Waals surface area contributed by atoms with Crippen LogP contribution in [0.15, 0.2) is 29.3 Å². The summed E-state index contributed by atoms with van der Waals surface area (Å²) >= 11 is 1.47. The Labute approximate surface area is 141 Å². The summed E-state index contributed by atoms with van der Waals surface area (Å²) in [6.07, 6.45) is 4.82. The fourth-order valence-electron chi connectivity index (χ4n) is 3.12. The second kappa shape index (κ2) is 7.30. The predicted octanol–water partition coefficient (Wildman–Crippen LogP) is 3.73. The molecule has 4 nitrogen and oxygen atoms in total. The van der Waals surface area contributed by atoms with Gasteiger partial charge in [0.1, 0.15) is 5.03 Å². The monoisotopic (exact) mass is 329 g/mol. The van der Waals surface area contributed by atoms with Crippen LogP contribution in [0.3, 0.4) is 0 Å². The average molecular weight is 329 g/mol. The van der Waals surface area contributed by atoms with E-state index in [1.807, 2.05) is 31.2 Å². The largest absolute Gasteiger partial charge is 0.352 e. The molecule has 0 unspecified atom stereocenters. The van der Waals surface area contributed by atoms with E-state index in [1.54, 1.807) is 0 Å². The summed E-state index contributed by atoms with van der Waals surface area (Å²) in [6, 6.07) is 8.16. The molecule has 0 aliphatic heterocycles. The van der Waals surface area contributed by atoms with Crippen LogP contribution in [-0.4, -0.2) is 27.7 Å². The van der Waals surface area contributed by atoms with Gasteiger partial charge >= 0.3 is 0 Å². The fourth-order valence-corrected chi connectivity index (χ4v) is 3.89. The van der Waals surface area contributed by atoms with E-state index < -0.39 is 0 Å². The molecule has 1 aromatic carbocycles. The van der Waals surface area contributed by atoms with E-state index in [1.165, 1.54) is 31.0 Å². The summed E-state index contributed by atoms with van der Waals surface area (Å²) in [5, 5.41) is 4.03. The van der Waals surface area contributed by atoms with E-state index in [4.69, 9.17) is 0 Å². The summed E-state index contributed by atoms with van der Waals surface area (Å²) in [6.45, 7) is 4.18. The Bertz CT molecular complexity index is 704. The number of hydrogen-bond acceptors (Lipinski definition) is 4. The molecule has 0 radical (unpaired) electrons. The van der Waals surface area contributed by atoms with E-state index in [9.17, 15) is 4.79 Å². The van der Waals surface area contributed by atoms with Crippen LogP contribution in [-0.2, 0) is 4.79 Å². The highest BCUT2D eigenvalue weighted by molar-refractivity contribution is 7.99. The van der Waals surface area contributed by atoms with Crippen molar-refractivity contribution in [3.63, 3.8) is 0 Å². The zero-order chi connectivity index (χ0) is 16.2. The molecule has 0 saturated heterocycles. The number of thioether (sulfide) groups is 1. The molecule has 0 spiro atoms. The van der Waals surface area contributed by atoms with E-state index in [2.05, 4.69) is 22.2 Å². The van der Waals surface area contributed by atoms with Gasteiger partial charge in [0.05, 0.1) is 22.5 Å². The Morgan fingerprint density at radius 1 is 1.22 bits per heavy atom. The van der Waals surface area contributed by atoms with Gasteiger partial charge in [-0.05, 0) is 37.8 Å². The van der Waals surface area contributed by atoms with Crippen LogP contribution in [0.1, 0.15) is 38.3 Å². The molecular formula is C18H23N3OS.